The highest BCUT2D eigenvalue weighted by Crippen LogP contribution is 2.26. The predicted molar refractivity (Wildman–Crippen MR) is 106 cm³/mol. The third-order valence-corrected chi connectivity index (χ3v) is 4.05. The van der Waals surface area contributed by atoms with Crippen LogP contribution in [0.1, 0.15) is 23.0 Å². The fraction of sp³-hybridized carbons (Fsp3) is 0.0909. The number of nitrogens with zero attached hydrogens (tertiary/aromatic N) is 1. The van der Waals surface area contributed by atoms with Gasteiger partial charge in [-0.3, -0.25) is 14.9 Å². The van der Waals surface area contributed by atoms with Gasteiger partial charge in [0.25, 0.3) is 5.69 Å². The maximum absolute atomic E-state index is 12.8. The highest BCUT2D eigenvalue weighted by atomic mass is 16.6. The summed E-state index contributed by atoms with van der Waals surface area (Å²) in [5.74, 6) is -0.487. The van der Waals surface area contributed by atoms with Crippen molar-refractivity contribution < 1.29 is 23.7 Å². The second-order valence-electron chi connectivity index (χ2n) is 5.98. The van der Waals surface area contributed by atoms with Crippen molar-refractivity contribution in [2.45, 2.75) is 6.92 Å². The van der Waals surface area contributed by atoms with Gasteiger partial charge in [0.15, 0.2) is 5.78 Å². The van der Waals surface area contributed by atoms with Crippen LogP contribution in [0.4, 0.5) is 5.69 Å². The van der Waals surface area contributed by atoms with E-state index in [1.54, 1.807) is 61.5 Å². The number of nitro benzene ring substituents is 1. The van der Waals surface area contributed by atoms with E-state index in [4.69, 9.17) is 9.15 Å². The van der Waals surface area contributed by atoms with Gasteiger partial charge >= 0.3 is 5.97 Å². The lowest BCUT2D eigenvalue weighted by molar-refractivity contribution is -0.384. The van der Waals surface area contributed by atoms with Crippen LogP contribution in [0.2, 0.25) is 0 Å². The second kappa shape index (κ2) is 8.79. The zero-order valence-electron chi connectivity index (χ0n) is 15.5. The van der Waals surface area contributed by atoms with Gasteiger partial charge in [-0.1, -0.05) is 30.3 Å². The second-order valence-corrected chi connectivity index (χ2v) is 5.98. The average molecular weight is 391 g/mol. The number of benzene rings is 2. The van der Waals surface area contributed by atoms with Crippen molar-refractivity contribution in [1.82, 2.24) is 0 Å². The first-order chi connectivity index (χ1) is 14.0. The highest BCUT2D eigenvalue weighted by Gasteiger charge is 2.22. The Kier molecular flexibility index (Phi) is 5.99. The summed E-state index contributed by atoms with van der Waals surface area (Å²) in [6.45, 7) is 1.78. The van der Waals surface area contributed by atoms with E-state index in [1.165, 1.54) is 18.2 Å². The first kappa shape index (κ1) is 19.8. The molecule has 0 amide bonds. The van der Waals surface area contributed by atoms with Crippen LogP contribution in [0, 0.1) is 10.1 Å². The van der Waals surface area contributed by atoms with Gasteiger partial charge in [-0.15, -0.1) is 0 Å². The van der Waals surface area contributed by atoms with E-state index in [9.17, 15) is 19.7 Å². The van der Waals surface area contributed by atoms with Gasteiger partial charge in [0, 0.05) is 23.3 Å². The van der Waals surface area contributed by atoms with Crippen molar-refractivity contribution in [2.75, 3.05) is 6.61 Å². The molecule has 7 nitrogen and oxygen atoms in total. The van der Waals surface area contributed by atoms with Crippen molar-refractivity contribution in [3.63, 3.8) is 0 Å². The van der Waals surface area contributed by atoms with Gasteiger partial charge in [0.2, 0.25) is 0 Å². The van der Waals surface area contributed by atoms with Crippen molar-refractivity contribution in [1.29, 1.82) is 0 Å². The Bertz CT molecular complexity index is 1060. The SMILES string of the molecule is CCOC(=O)C(=Cc1ccc(-c2ccc([N+](=O)[O-])cc2)o1)C(=O)c1ccccc1. The molecular formula is C22H17NO6. The van der Waals surface area contributed by atoms with Crippen molar-refractivity contribution in [3.8, 4) is 11.3 Å². The van der Waals surface area contributed by atoms with Gasteiger partial charge in [-0.25, -0.2) is 4.79 Å². The molecule has 0 N–H and O–H groups in total. The van der Waals surface area contributed by atoms with E-state index >= 15 is 0 Å². The monoisotopic (exact) mass is 391 g/mol. The number of carbonyl (C=O) groups is 2. The largest absolute Gasteiger partial charge is 0.462 e. The van der Waals surface area contributed by atoms with Crippen molar-refractivity contribution in [3.05, 3.63) is 93.7 Å². The molecule has 0 saturated carbocycles. The molecule has 0 saturated heterocycles. The van der Waals surface area contributed by atoms with E-state index < -0.39 is 16.7 Å². The maximum Gasteiger partial charge on any atom is 0.342 e. The summed E-state index contributed by atoms with van der Waals surface area (Å²) in [6, 6.07) is 17.5. The van der Waals surface area contributed by atoms with Crippen molar-refractivity contribution in [2.24, 2.45) is 0 Å². The summed E-state index contributed by atoms with van der Waals surface area (Å²) in [5, 5.41) is 10.8. The first-order valence-electron chi connectivity index (χ1n) is 8.83. The fourth-order valence-corrected chi connectivity index (χ4v) is 2.65. The Morgan fingerprint density at radius 3 is 2.34 bits per heavy atom. The van der Waals surface area contributed by atoms with Crippen LogP contribution in [-0.2, 0) is 9.53 Å². The Balaban J connectivity index is 1.93. The average Bonchev–Trinajstić information content (AvgIpc) is 3.21. The fourth-order valence-electron chi connectivity index (χ4n) is 2.65. The Hall–Kier alpha value is -4.00. The number of esters is 1. The summed E-state index contributed by atoms with van der Waals surface area (Å²) in [7, 11) is 0. The molecule has 29 heavy (non-hydrogen) atoms. The van der Waals surface area contributed by atoms with Crippen LogP contribution in [0.5, 0.6) is 0 Å². The number of hydrogen-bond donors (Lipinski definition) is 0. The maximum atomic E-state index is 12.8. The lowest BCUT2D eigenvalue weighted by Crippen LogP contribution is -2.16. The number of Topliss-reactive ketones (excluding diaryl/α,β-unsaturated/α-hetero) is 1. The molecule has 0 aliphatic rings. The quantitative estimate of drug-likeness (QED) is 0.110. The zero-order valence-corrected chi connectivity index (χ0v) is 15.5. The Morgan fingerprint density at radius 2 is 1.72 bits per heavy atom. The van der Waals surface area contributed by atoms with Crippen LogP contribution in [0.25, 0.3) is 17.4 Å². The molecular weight excluding hydrogens is 374 g/mol. The summed E-state index contributed by atoms with van der Waals surface area (Å²) in [4.78, 5) is 35.4. The number of ketones is 1. The molecule has 0 aliphatic carbocycles. The van der Waals surface area contributed by atoms with Crippen LogP contribution in [0.3, 0.4) is 0 Å². The smallest absolute Gasteiger partial charge is 0.342 e. The number of ether oxygens (including phenoxy) is 1. The van der Waals surface area contributed by atoms with Crippen LogP contribution in [-0.4, -0.2) is 23.3 Å². The van der Waals surface area contributed by atoms with E-state index in [1.807, 2.05) is 0 Å². The topological polar surface area (TPSA) is 99.7 Å². The van der Waals surface area contributed by atoms with Crippen molar-refractivity contribution >= 4 is 23.5 Å². The Labute approximate surface area is 166 Å². The van der Waals surface area contributed by atoms with E-state index in [0.29, 0.717) is 16.9 Å². The summed E-state index contributed by atoms with van der Waals surface area (Å²) >= 11 is 0. The van der Waals surface area contributed by atoms with E-state index in [0.717, 1.165) is 0 Å². The number of non-ortho nitro benzene ring substituents is 1. The number of hydrogen-bond acceptors (Lipinski definition) is 6. The predicted octanol–water partition coefficient (Wildman–Crippen LogP) is 4.68. The highest BCUT2D eigenvalue weighted by molar-refractivity contribution is 6.26. The third kappa shape index (κ3) is 4.65. The lowest BCUT2D eigenvalue weighted by Gasteiger charge is -2.06. The summed E-state index contributed by atoms with van der Waals surface area (Å²) in [5.41, 5.74) is 0.803. The summed E-state index contributed by atoms with van der Waals surface area (Å²) < 4.78 is 10.7. The molecule has 0 radical (unpaired) electrons. The third-order valence-electron chi connectivity index (χ3n) is 4.05. The molecule has 2 aromatic carbocycles. The zero-order chi connectivity index (χ0) is 20.8. The number of carbonyl (C=O) groups excluding carboxylic acids is 2. The van der Waals surface area contributed by atoms with Gasteiger partial charge in [-0.05, 0) is 37.3 Å². The molecule has 1 heterocycles. The molecule has 0 fully saturated rings. The van der Waals surface area contributed by atoms with Crippen LogP contribution < -0.4 is 0 Å². The number of nitro groups is 1. The molecule has 0 atom stereocenters. The molecule has 1 aromatic heterocycles. The first-order valence-corrected chi connectivity index (χ1v) is 8.83. The van der Waals surface area contributed by atoms with Gasteiger partial charge in [0.1, 0.15) is 17.1 Å². The minimum Gasteiger partial charge on any atom is -0.462 e. The molecule has 0 unspecified atom stereocenters. The molecule has 0 bridgehead atoms. The summed E-state index contributed by atoms with van der Waals surface area (Å²) in [6.07, 6.45) is 1.34. The number of rotatable bonds is 7. The molecule has 3 rings (SSSR count). The minimum atomic E-state index is -0.741. The van der Waals surface area contributed by atoms with Gasteiger partial charge < -0.3 is 9.15 Å². The van der Waals surface area contributed by atoms with Gasteiger partial charge in [0.05, 0.1) is 11.5 Å². The Morgan fingerprint density at radius 1 is 1.03 bits per heavy atom. The molecule has 7 heteroatoms. The van der Waals surface area contributed by atoms with Crippen LogP contribution in [0.15, 0.2) is 76.7 Å². The normalized spacial score (nSPS) is 11.1. The van der Waals surface area contributed by atoms with E-state index in [2.05, 4.69) is 0 Å². The molecule has 0 aliphatic heterocycles. The standard InChI is InChI=1S/C22H17NO6/c1-2-28-22(25)19(21(24)16-6-4-3-5-7-16)14-18-12-13-20(29-18)15-8-10-17(11-9-15)23(26)27/h3-14H,2H2,1H3. The lowest BCUT2D eigenvalue weighted by atomic mass is 10.0. The van der Waals surface area contributed by atoms with Crippen LogP contribution >= 0.6 is 0 Å². The molecule has 146 valence electrons. The molecule has 0 spiro atoms. The van der Waals surface area contributed by atoms with Gasteiger partial charge in [-0.2, -0.15) is 0 Å². The van der Waals surface area contributed by atoms with E-state index in [-0.39, 0.29) is 23.6 Å². The minimum absolute atomic E-state index is 0.0292. The molecule has 3 aromatic rings. The number of furan rings is 1.